The molecule has 0 aromatic heterocycles. The van der Waals surface area contributed by atoms with E-state index in [1.54, 1.807) is 0 Å². The van der Waals surface area contributed by atoms with Gasteiger partial charge < -0.3 is 10.6 Å². The predicted molar refractivity (Wildman–Crippen MR) is 68.4 cm³/mol. The highest BCUT2D eigenvalue weighted by molar-refractivity contribution is 5.82. The van der Waals surface area contributed by atoms with Crippen LogP contribution in [0.2, 0.25) is 0 Å². The van der Waals surface area contributed by atoms with Crippen molar-refractivity contribution in [1.29, 1.82) is 0 Å². The second kappa shape index (κ2) is 6.07. The molecule has 0 aromatic carbocycles. The number of carbonyl (C=O) groups is 1. The van der Waals surface area contributed by atoms with E-state index in [1.807, 2.05) is 0 Å². The average Bonchev–Trinajstić information content (AvgIpc) is 2.78. The van der Waals surface area contributed by atoms with Gasteiger partial charge in [-0.15, -0.1) is 12.3 Å². The van der Waals surface area contributed by atoms with Gasteiger partial charge in [-0.1, -0.05) is 12.8 Å². The normalized spacial score (nSPS) is 31.6. The molecule has 2 rings (SSSR count). The molecule has 1 saturated heterocycles. The van der Waals surface area contributed by atoms with Crippen LogP contribution in [0.1, 0.15) is 44.9 Å². The molecule has 1 aliphatic carbocycles. The van der Waals surface area contributed by atoms with E-state index in [0.717, 1.165) is 25.2 Å². The quantitative estimate of drug-likeness (QED) is 0.571. The summed E-state index contributed by atoms with van der Waals surface area (Å²) in [5, 5.41) is 6.45. The van der Waals surface area contributed by atoms with Gasteiger partial charge in [-0.25, -0.2) is 0 Å². The summed E-state index contributed by atoms with van der Waals surface area (Å²) < 4.78 is 0. The van der Waals surface area contributed by atoms with Gasteiger partial charge in [0.2, 0.25) is 5.91 Å². The topological polar surface area (TPSA) is 41.1 Å². The molecule has 3 nitrogen and oxygen atoms in total. The number of hydrogen-bond donors (Lipinski definition) is 2. The van der Waals surface area contributed by atoms with Crippen molar-refractivity contribution in [2.75, 3.05) is 6.54 Å². The van der Waals surface area contributed by atoms with E-state index in [-0.39, 0.29) is 11.9 Å². The van der Waals surface area contributed by atoms with Gasteiger partial charge in [-0.05, 0) is 31.6 Å². The lowest BCUT2D eigenvalue weighted by atomic mass is 9.85. The van der Waals surface area contributed by atoms with E-state index >= 15 is 0 Å². The number of rotatable bonds is 4. The minimum atomic E-state index is 0.0361. The Morgan fingerprint density at radius 3 is 3.00 bits per heavy atom. The Bertz CT molecular complexity index is 294. The molecule has 1 heterocycles. The van der Waals surface area contributed by atoms with Crippen molar-refractivity contribution in [3.8, 4) is 12.3 Å². The Labute approximate surface area is 104 Å². The molecule has 1 saturated carbocycles. The summed E-state index contributed by atoms with van der Waals surface area (Å²) in [4.78, 5) is 11.9. The van der Waals surface area contributed by atoms with Crippen LogP contribution in [-0.2, 0) is 4.79 Å². The third-order valence-corrected chi connectivity index (χ3v) is 3.98. The molecule has 2 aliphatic rings. The molecule has 3 atom stereocenters. The number of fused-ring (bicyclic) bond motifs is 1. The molecule has 1 amide bonds. The van der Waals surface area contributed by atoms with Crippen LogP contribution in [0.25, 0.3) is 0 Å². The molecule has 0 bridgehead atoms. The fourth-order valence-electron chi connectivity index (χ4n) is 3.05. The maximum Gasteiger partial charge on any atom is 0.237 e. The lowest BCUT2D eigenvalue weighted by Gasteiger charge is -2.24. The largest absolute Gasteiger partial charge is 0.355 e. The third kappa shape index (κ3) is 3.23. The van der Waals surface area contributed by atoms with Crippen molar-refractivity contribution in [3.63, 3.8) is 0 Å². The molecule has 0 spiro atoms. The fraction of sp³-hybridized carbons (Fsp3) is 0.786. The second-order valence-corrected chi connectivity index (χ2v) is 5.20. The van der Waals surface area contributed by atoms with Gasteiger partial charge >= 0.3 is 0 Å². The van der Waals surface area contributed by atoms with Crippen molar-refractivity contribution in [3.05, 3.63) is 0 Å². The van der Waals surface area contributed by atoms with E-state index in [1.165, 1.54) is 25.7 Å². The van der Waals surface area contributed by atoms with Gasteiger partial charge in [0.1, 0.15) is 0 Å². The predicted octanol–water partition coefficient (Wildman–Crippen LogP) is 1.44. The first-order chi connectivity index (χ1) is 8.31. The van der Waals surface area contributed by atoms with Crippen LogP contribution in [0.3, 0.4) is 0 Å². The van der Waals surface area contributed by atoms with Crippen LogP contribution < -0.4 is 10.6 Å². The van der Waals surface area contributed by atoms with Crippen LogP contribution >= 0.6 is 0 Å². The highest BCUT2D eigenvalue weighted by Crippen LogP contribution is 2.33. The van der Waals surface area contributed by atoms with E-state index < -0.39 is 0 Å². The first-order valence-corrected chi connectivity index (χ1v) is 6.78. The van der Waals surface area contributed by atoms with E-state index in [4.69, 9.17) is 6.42 Å². The van der Waals surface area contributed by atoms with E-state index in [9.17, 15) is 4.79 Å². The van der Waals surface area contributed by atoms with Crippen LogP contribution in [-0.4, -0.2) is 24.5 Å². The summed E-state index contributed by atoms with van der Waals surface area (Å²) in [6, 6.07) is 0.624. The first kappa shape index (κ1) is 12.4. The minimum Gasteiger partial charge on any atom is -0.355 e. The lowest BCUT2D eigenvalue weighted by molar-refractivity contribution is -0.122. The molecule has 17 heavy (non-hydrogen) atoms. The van der Waals surface area contributed by atoms with E-state index in [2.05, 4.69) is 16.6 Å². The monoisotopic (exact) mass is 234 g/mol. The number of hydrogen-bond acceptors (Lipinski definition) is 2. The van der Waals surface area contributed by atoms with Gasteiger partial charge in [0.15, 0.2) is 0 Å². The number of terminal acetylenes is 1. The Morgan fingerprint density at radius 1 is 1.41 bits per heavy atom. The standard InChI is InChI=1S/C14H22N2O/c1-2-3-6-9-15-14(17)13-10-11-7-4-5-8-12(11)16-13/h1,11-13,16H,3-10H2,(H,15,17). The van der Waals surface area contributed by atoms with Gasteiger partial charge in [0.25, 0.3) is 0 Å². The summed E-state index contributed by atoms with van der Waals surface area (Å²) in [5.41, 5.74) is 0. The molecule has 3 unspecified atom stereocenters. The van der Waals surface area contributed by atoms with Crippen molar-refractivity contribution in [1.82, 2.24) is 10.6 Å². The summed E-state index contributed by atoms with van der Waals surface area (Å²) in [6.45, 7) is 0.705. The number of nitrogens with one attached hydrogen (secondary N) is 2. The zero-order valence-corrected chi connectivity index (χ0v) is 10.4. The van der Waals surface area contributed by atoms with Gasteiger partial charge in [-0.3, -0.25) is 4.79 Å². The van der Waals surface area contributed by atoms with Gasteiger partial charge in [-0.2, -0.15) is 0 Å². The SMILES string of the molecule is C#CCCCNC(=O)C1CC2CCCCC2N1. The highest BCUT2D eigenvalue weighted by atomic mass is 16.2. The highest BCUT2D eigenvalue weighted by Gasteiger charge is 2.37. The van der Waals surface area contributed by atoms with Crippen LogP contribution in [0.4, 0.5) is 0 Å². The summed E-state index contributed by atoms with van der Waals surface area (Å²) in [7, 11) is 0. The Hall–Kier alpha value is -1.01. The van der Waals surface area contributed by atoms with Crippen LogP contribution in [0, 0.1) is 18.3 Å². The minimum absolute atomic E-state index is 0.0361. The van der Waals surface area contributed by atoms with Gasteiger partial charge in [0, 0.05) is 19.0 Å². The van der Waals surface area contributed by atoms with Gasteiger partial charge in [0.05, 0.1) is 6.04 Å². The Morgan fingerprint density at radius 2 is 2.24 bits per heavy atom. The molecule has 1 aliphatic heterocycles. The zero-order valence-electron chi connectivity index (χ0n) is 10.4. The molecule has 2 fully saturated rings. The lowest BCUT2D eigenvalue weighted by Crippen LogP contribution is -2.43. The van der Waals surface area contributed by atoms with Crippen molar-refractivity contribution in [2.45, 2.75) is 57.0 Å². The molecular formula is C14H22N2O. The molecule has 3 heteroatoms. The fourth-order valence-corrected chi connectivity index (χ4v) is 3.05. The molecule has 94 valence electrons. The summed E-state index contributed by atoms with van der Waals surface area (Å²) in [6.07, 6.45) is 13.0. The van der Waals surface area contributed by atoms with Crippen LogP contribution in [0.5, 0.6) is 0 Å². The first-order valence-electron chi connectivity index (χ1n) is 6.78. The maximum atomic E-state index is 11.9. The Balaban J connectivity index is 1.72. The smallest absolute Gasteiger partial charge is 0.237 e. The molecular weight excluding hydrogens is 212 g/mol. The number of unbranched alkanes of at least 4 members (excludes halogenated alkanes) is 1. The molecule has 0 aromatic rings. The van der Waals surface area contributed by atoms with Crippen molar-refractivity contribution < 1.29 is 4.79 Å². The van der Waals surface area contributed by atoms with Crippen LogP contribution in [0.15, 0.2) is 0 Å². The maximum absolute atomic E-state index is 11.9. The number of carbonyl (C=O) groups excluding carboxylic acids is 1. The number of amides is 1. The average molecular weight is 234 g/mol. The van der Waals surface area contributed by atoms with E-state index in [0.29, 0.717) is 12.6 Å². The third-order valence-electron chi connectivity index (χ3n) is 3.98. The van der Waals surface area contributed by atoms with Crippen molar-refractivity contribution >= 4 is 5.91 Å². The second-order valence-electron chi connectivity index (χ2n) is 5.20. The Kier molecular flexibility index (Phi) is 4.44. The molecule has 0 radical (unpaired) electrons. The summed E-state index contributed by atoms with van der Waals surface area (Å²) >= 11 is 0. The zero-order chi connectivity index (χ0) is 12.1. The van der Waals surface area contributed by atoms with Crippen molar-refractivity contribution in [2.24, 2.45) is 5.92 Å². The molecule has 2 N–H and O–H groups in total. The summed E-state index contributed by atoms with van der Waals surface area (Å²) in [5.74, 6) is 3.48.